The predicted octanol–water partition coefficient (Wildman–Crippen LogP) is 1.74. The Labute approximate surface area is 140 Å². The Hall–Kier alpha value is -2.70. The normalized spacial score (nSPS) is 11.9. The summed E-state index contributed by atoms with van der Waals surface area (Å²) in [5.41, 5.74) is 2.94. The first-order valence-electron chi connectivity index (χ1n) is 7.94. The van der Waals surface area contributed by atoms with Gasteiger partial charge in [-0.3, -0.25) is 9.59 Å². The van der Waals surface area contributed by atoms with E-state index in [2.05, 4.69) is 46.8 Å². The molecule has 2 aromatic rings. The molecule has 2 N–H and O–H groups in total. The first-order valence-corrected chi connectivity index (χ1v) is 7.94. The molecule has 1 aromatic carbocycles. The molecular formula is C17H22N4O3. The van der Waals surface area contributed by atoms with Crippen LogP contribution in [0.1, 0.15) is 43.0 Å². The second kappa shape index (κ2) is 8.24. The van der Waals surface area contributed by atoms with Crippen molar-refractivity contribution in [2.75, 3.05) is 0 Å². The summed E-state index contributed by atoms with van der Waals surface area (Å²) in [7, 11) is 0. The van der Waals surface area contributed by atoms with E-state index in [4.69, 9.17) is 5.11 Å². The molecule has 24 heavy (non-hydrogen) atoms. The molecule has 0 aliphatic rings. The zero-order chi connectivity index (χ0) is 17.5. The van der Waals surface area contributed by atoms with Gasteiger partial charge in [-0.2, -0.15) is 0 Å². The third-order valence-corrected chi connectivity index (χ3v) is 3.80. The number of aromatic nitrogens is 3. The molecule has 7 nitrogen and oxygen atoms in total. The van der Waals surface area contributed by atoms with Crippen molar-refractivity contribution in [1.29, 1.82) is 0 Å². The first kappa shape index (κ1) is 17.7. The van der Waals surface area contributed by atoms with Crippen LogP contribution in [0.3, 0.4) is 0 Å². The smallest absolute Gasteiger partial charge is 0.325 e. The topological polar surface area (TPSA) is 97.1 Å². The largest absolute Gasteiger partial charge is 0.480 e. The third kappa shape index (κ3) is 5.19. The maximum absolute atomic E-state index is 12.0. The van der Waals surface area contributed by atoms with Crippen molar-refractivity contribution in [1.82, 2.24) is 20.3 Å². The second-order valence-corrected chi connectivity index (χ2v) is 5.78. The van der Waals surface area contributed by atoms with Crippen molar-refractivity contribution in [3.63, 3.8) is 0 Å². The van der Waals surface area contributed by atoms with E-state index in [0.29, 0.717) is 12.1 Å². The Balaban J connectivity index is 1.81. The van der Waals surface area contributed by atoms with Gasteiger partial charge >= 0.3 is 5.97 Å². The molecular weight excluding hydrogens is 308 g/mol. The Kier molecular flexibility index (Phi) is 6.06. The van der Waals surface area contributed by atoms with E-state index in [1.165, 1.54) is 16.4 Å². The summed E-state index contributed by atoms with van der Waals surface area (Å²) in [4.78, 5) is 22.6. The van der Waals surface area contributed by atoms with Gasteiger partial charge in [-0.15, -0.1) is 5.10 Å². The van der Waals surface area contributed by atoms with Gasteiger partial charge < -0.3 is 10.4 Å². The van der Waals surface area contributed by atoms with Crippen molar-refractivity contribution in [3.05, 3.63) is 47.3 Å². The predicted molar refractivity (Wildman–Crippen MR) is 88.4 cm³/mol. The fraction of sp³-hybridized carbons (Fsp3) is 0.412. The lowest BCUT2D eigenvalue weighted by Crippen LogP contribution is -2.24. The molecule has 7 heteroatoms. The van der Waals surface area contributed by atoms with Crippen molar-refractivity contribution in [2.45, 2.75) is 45.7 Å². The summed E-state index contributed by atoms with van der Waals surface area (Å²) in [6.07, 6.45) is 2.90. The molecule has 0 radical (unpaired) electrons. The number of hydrogen-bond acceptors (Lipinski definition) is 4. The Bertz CT molecular complexity index is 694. The average Bonchev–Trinajstić information content (AvgIpc) is 2.99. The van der Waals surface area contributed by atoms with E-state index in [-0.39, 0.29) is 24.9 Å². The number of hydrogen-bond donors (Lipinski definition) is 2. The van der Waals surface area contributed by atoms with E-state index in [0.717, 1.165) is 12.0 Å². The standard InChI is InChI=1S/C17H22N4O3/c1-3-13-4-6-14(7-5-13)12(2)8-16(22)18-9-15-10-21(20-19-15)11-17(23)24/h4-7,10,12H,3,8-9,11H2,1-2H3,(H,18,22)(H,23,24). The zero-order valence-electron chi connectivity index (χ0n) is 13.9. The molecule has 0 spiro atoms. The van der Waals surface area contributed by atoms with E-state index in [9.17, 15) is 9.59 Å². The summed E-state index contributed by atoms with van der Waals surface area (Å²) < 4.78 is 1.22. The molecule has 1 amide bonds. The number of benzene rings is 1. The van der Waals surface area contributed by atoms with Gasteiger partial charge in [-0.05, 0) is 23.5 Å². The summed E-state index contributed by atoms with van der Waals surface area (Å²) in [6.45, 7) is 4.12. The van der Waals surface area contributed by atoms with Crippen LogP contribution >= 0.6 is 0 Å². The van der Waals surface area contributed by atoms with Gasteiger partial charge in [0.2, 0.25) is 5.91 Å². The van der Waals surface area contributed by atoms with Crippen molar-refractivity contribution in [2.24, 2.45) is 0 Å². The molecule has 0 saturated heterocycles. The molecule has 1 atom stereocenters. The van der Waals surface area contributed by atoms with Crippen molar-refractivity contribution in [3.8, 4) is 0 Å². The lowest BCUT2D eigenvalue weighted by Gasteiger charge is -2.12. The summed E-state index contributed by atoms with van der Waals surface area (Å²) in [5, 5.41) is 19.0. The quantitative estimate of drug-likeness (QED) is 0.768. The van der Waals surface area contributed by atoms with Gasteiger partial charge in [0.05, 0.1) is 12.7 Å². The van der Waals surface area contributed by atoms with Crippen LogP contribution in [0.2, 0.25) is 0 Å². The highest BCUT2D eigenvalue weighted by Gasteiger charge is 2.12. The number of amides is 1. The zero-order valence-corrected chi connectivity index (χ0v) is 13.9. The Morgan fingerprint density at radius 1 is 1.29 bits per heavy atom. The van der Waals surface area contributed by atoms with Crippen LogP contribution < -0.4 is 5.32 Å². The summed E-state index contributed by atoms with van der Waals surface area (Å²) in [6, 6.07) is 8.30. The SMILES string of the molecule is CCc1ccc(C(C)CC(=O)NCc2cn(CC(=O)O)nn2)cc1. The number of carbonyl (C=O) groups is 2. The Morgan fingerprint density at radius 2 is 2.00 bits per heavy atom. The van der Waals surface area contributed by atoms with Crippen LogP contribution in [0.15, 0.2) is 30.5 Å². The van der Waals surface area contributed by atoms with Crippen LogP contribution in [0.5, 0.6) is 0 Å². The van der Waals surface area contributed by atoms with Gasteiger partial charge in [0.25, 0.3) is 0 Å². The maximum atomic E-state index is 12.0. The monoisotopic (exact) mass is 330 g/mol. The molecule has 2 rings (SSSR count). The van der Waals surface area contributed by atoms with Gasteiger partial charge in [0.1, 0.15) is 12.2 Å². The molecule has 0 saturated carbocycles. The summed E-state index contributed by atoms with van der Waals surface area (Å²) >= 11 is 0. The van der Waals surface area contributed by atoms with E-state index in [1.54, 1.807) is 0 Å². The average molecular weight is 330 g/mol. The van der Waals surface area contributed by atoms with E-state index in [1.807, 2.05) is 6.92 Å². The van der Waals surface area contributed by atoms with Crippen molar-refractivity contribution < 1.29 is 14.7 Å². The van der Waals surface area contributed by atoms with E-state index < -0.39 is 5.97 Å². The lowest BCUT2D eigenvalue weighted by molar-refractivity contribution is -0.138. The maximum Gasteiger partial charge on any atom is 0.325 e. The van der Waals surface area contributed by atoms with Crippen LogP contribution in [0.4, 0.5) is 0 Å². The molecule has 128 valence electrons. The fourth-order valence-electron chi connectivity index (χ4n) is 2.37. The van der Waals surface area contributed by atoms with Gasteiger partial charge in [-0.1, -0.05) is 43.3 Å². The minimum Gasteiger partial charge on any atom is -0.480 e. The molecule has 1 unspecified atom stereocenters. The highest BCUT2D eigenvalue weighted by atomic mass is 16.4. The van der Waals surface area contributed by atoms with Crippen LogP contribution in [-0.4, -0.2) is 32.0 Å². The minimum atomic E-state index is -0.988. The Morgan fingerprint density at radius 3 is 2.62 bits per heavy atom. The molecule has 0 fully saturated rings. The number of nitrogens with one attached hydrogen (secondary N) is 1. The molecule has 0 bridgehead atoms. The van der Waals surface area contributed by atoms with Crippen molar-refractivity contribution >= 4 is 11.9 Å². The minimum absolute atomic E-state index is 0.0742. The first-order chi connectivity index (χ1) is 11.5. The van der Waals surface area contributed by atoms with Crippen LogP contribution in [-0.2, 0) is 29.1 Å². The summed E-state index contributed by atoms with van der Waals surface area (Å²) in [5.74, 6) is -0.938. The molecule has 1 aromatic heterocycles. The number of nitrogens with zero attached hydrogens (tertiary/aromatic N) is 3. The molecule has 0 aliphatic heterocycles. The highest BCUT2D eigenvalue weighted by Crippen LogP contribution is 2.19. The molecule has 0 aliphatic carbocycles. The van der Waals surface area contributed by atoms with Gasteiger partial charge in [-0.25, -0.2) is 4.68 Å². The number of aliphatic carboxylic acids is 1. The van der Waals surface area contributed by atoms with Gasteiger partial charge in [0.15, 0.2) is 0 Å². The number of aryl methyl sites for hydroxylation is 1. The van der Waals surface area contributed by atoms with Crippen LogP contribution in [0, 0.1) is 0 Å². The fourth-order valence-corrected chi connectivity index (χ4v) is 2.37. The second-order valence-electron chi connectivity index (χ2n) is 5.78. The number of carboxylic acids is 1. The third-order valence-electron chi connectivity index (χ3n) is 3.80. The number of carbonyl (C=O) groups excluding carboxylic acids is 1. The number of rotatable bonds is 8. The lowest BCUT2D eigenvalue weighted by atomic mass is 9.96. The number of carboxylic acid groups (broad SMARTS) is 1. The van der Waals surface area contributed by atoms with Crippen LogP contribution in [0.25, 0.3) is 0 Å². The van der Waals surface area contributed by atoms with Gasteiger partial charge in [0, 0.05) is 6.42 Å². The highest BCUT2D eigenvalue weighted by molar-refractivity contribution is 5.76. The molecule has 1 heterocycles. The van der Waals surface area contributed by atoms with E-state index >= 15 is 0 Å².